The summed E-state index contributed by atoms with van der Waals surface area (Å²) in [5, 5.41) is 5.64. The second-order valence-electron chi connectivity index (χ2n) is 16.1. The standard InChI is InChI=1S/C38H52N6O9S/c1-37-19-10-4-2-3-5-15-30(39-35(48)52-28-13-8-9-14-28)33(46)44-23-29(53-36(49)43-20-18-25-11-6-7-12-26(25)22-43)21-31(44)32(45)40-38(37,24-37)34(47)42-54(50,51)41-27-16-17-27/h6-7,10-12,19,27-31,41H,2-5,8-9,13-18,20-24H2,1H3,(H,39,48)(H,40,45)(H,42,47)/b19-10-/t29-,30+,31+,37?,38+/m1/s1. The van der Waals surface area contributed by atoms with Gasteiger partial charge in [0.05, 0.1) is 6.54 Å². The number of amides is 5. The number of ether oxygens (including phenoxy) is 2. The number of benzene rings is 1. The Labute approximate surface area is 316 Å². The molecule has 3 aliphatic carbocycles. The highest BCUT2D eigenvalue weighted by molar-refractivity contribution is 7.88. The van der Waals surface area contributed by atoms with Gasteiger partial charge in [0.2, 0.25) is 11.8 Å². The van der Waals surface area contributed by atoms with E-state index in [0.29, 0.717) is 51.6 Å². The third-order valence-corrected chi connectivity index (χ3v) is 13.0. The van der Waals surface area contributed by atoms with Gasteiger partial charge in [0, 0.05) is 31.0 Å². The zero-order chi connectivity index (χ0) is 38.1. The molecule has 7 rings (SSSR count). The molecule has 1 aromatic carbocycles. The molecule has 1 aromatic rings. The van der Waals surface area contributed by atoms with Gasteiger partial charge in [-0.05, 0) is 81.8 Å². The third-order valence-electron chi connectivity index (χ3n) is 11.9. The summed E-state index contributed by atoms with van der Waals surface area (Å²) < 4.78 is 41.9. The van der Waals surface area contributed by atoms with Crippen molar-refractivity contribution in [2.24, 2.45) is 5.41 Å². The summed E-state index contributed by atoms with van der Waals surface area (Å²) in [5.74, 6) is -2.08. The van der Waals surface area contributed by atoms with Crippen LogP contribution in [0, 0.1) is 5.41 Å². The molecule has 54 heavy (non-hydrogen) atoms. The van der Waals surface area contributed by atoms with E-state index in [1.165, 1.54) is 4.90 Å². The lowest BCUT2D eigenvalue weighted by Gasteiger charge is -2.30. The van der Waals surface area contributed by atoms with Gasteiger partial charge in [0.25, 0.3) is 5.91 Å². The molecular formula is C38H52N6O9S. The van der Waals surface area contributed by atoms with Crippen LogP contribution < -0.4 is 20.1 Å². The topological polar surface area (TPSA) is 193 Å². The number of allylic oxidation sites excluding steroid dienone is 1. The summed E-state index contributed by atoms with van der Waals surface area (Å²) in [6.07, 6.45) is 10.1. The predicted octanol–water partition coefficient (Wildman–Crippen LogP) is 3.09. The van der Waals surface area contributed by atoms with Crippen molar-refractivity contribution in [1.29, 1.82) is 0 Å². The number of carbonyl (C=O) groups is 5. The zero-order valence-corrected chi connectivity index (χ0v) is 31.7. The van der Waals surface area contributed by atoms with E-state index in [4.69, 9.17) is 9.47 Å². The second kappa shape index (κ2) is 15.5. The van der Waals surface area contributed by atoms with Gasteiger partial charge in [-0.1, -0.05) is 56.2 Å². The molecule has 0 bridgehead atoms. The van der Waals surface area contributed by atoms with E-state index in [9.17, 15) is 32.4 Å². The summed E-state index contributed by atoms with van der Waals surface area (Å²) in [7, 11) is -4.20. The lowest BCUT2D eigenvalue weighted by atomic mass is 9.99. The van der Waals surface area contributed by atoms with Crippen molar-refractivity contribution in [1.82, 2.24) is 29.9 Å². The maximum absolute atomic E-state index is 14.5. The first-order chi connectivity index (χ1) is 25.8. The van der Waals surface area contributed by atoms with Crippen LogP contribution in [0.1, 0.15) is 102 Å². The van der Waals surface area contributed by atoms with E-state index in [2.05, 4.69) is 20.1 Å². The van der Waals surface area contributed by atoms with Crippen LogP contribution in [-0.4, -0.2) is 97.1 Å². The van der Waals surface area contributed by atoms with Crippen LogP contribution in [0.3, 0.4) is 0 Å². The Kier molecular flexibility index (Phi) is 11.0. The molecule has 15 nitrogen and oxygen atoms in total. The Bertz CT molecular complexity index is 1780. The number of alkyl carbamates (subject to hydrolysis) is 1. The van der Waals surface area contributed by atoms with Crippen molar-refractivity contribution in [3.63, 3.8) is 0 Å². The maximum Gasteiger partial charge on any atom is 0.410 e. The number of hydrogen-bond acceptors (Lipinski definition) is 9. The normalized spacial score (nSPS) is 31.1. The Morgan fingerprint density at radius 1 is 0.926 bits per heavy atom. The lowest BCUT2D eigenvalue weighted by Crippen LogP contribution is -2.59. The van der Waals surface area contributed by atoms with Crippen LogP contribution >= 0.6 is 0 Å². The number of nitrogens with zero attached hydrogens (tertiary/aromatic N) is 2. The molecule has 0 aromatic heterocycles. The van der Waals surface area contributed by atoms with Gasteiger partial charge in [0.15, 0.2) is 0 Å². The van der Waals surface area contributed by atoms with E-state index < -0.39 is 69.3 Å². The van der Waals surface area contributed by atoms with Gasteiger partial charge < -0.3 is 29.9 Å². The molecule has 1 saturated heterocycles. The van der Waals surface area contributed by atoms with Crippen molar-refractivity contribution in [3.05, 3.63) is 47.5 Å². The first kappa shape index (κ1) is 38.1. The lowest BCUT2D eigenvalue weighted by molar-refractivity contribution is -0.141. The fraction of sp³-hybridized carbons (Fsp3) is 0.658. The smallest absolute Gasteiger partial charge is 0.410 e. The third kappa shape index (κ3) is 8.54. The highest BCUT2D eigenvalue weighted by atomic mass is 32.2. The van der Waals surface area contributed by atoms with Gasteiger partial charge in [0.1, 0.15) is 29.8 Å². The second-order valence-corrected chi connectivity index (χ2v) is 17.5. The Hall–Kier alpha value is -4.18. The first-order valence-electron chi connectivity index (χ1n) is 19.5. The molecule has 4 fully saturated rings. The molecule has 6 aliphatic rings. The van der Waals surface area contributed by atoms with Gasteiger partial charge in [-0.3, -0.25) is 14.4 Å². The fourth-order valence-electron chi connectivity index (χ4n) is 8.41. The molecular weight excluding hydrogens is 717 g/mol. The highest BCUT2D eigenvalue weighted by Crippen LogP contribution is 2.57. The molecule has 0 spiro atoms. The molecule has 5 amide bonds. The van der Waals surface area contributed by atoms with Gasteiger partial charge in [-0.15, -0.1) is 0 Å². The van der Waals surface area contributed by atoms with Crippen molar-refractivity contribution in [2.45, 2.75) is 139 Å². The van der Waals surface area contributed by atoms with Crippen LogP contribution in [0.15, 0.2) is 36.4 Å². The average molecular weight is 769 g/mol. The largest absolute Gasteiger partial charge is 0.446 e. The number of carbonyl (C=O) groups excluding carboxylic acids is 5. The van der Waals surface area contributed by atoms with E-state index in [-0.39, 0.29) is 31.5 Å². The van der Waals surface area contributed by atoms with Crippen LogP contribution in [0.2, 0.25) is 0 Å². The van der Waals surface area contributed by atoms with Crippen LogP contribution in [0.5, 0.6) is 0 Å². The average Bonchev–Trinajstić information content (AvgIpc) is 3.88. The Morgan fingerprint density at radius 3 is 2.43 bits per heavy atom. The predicted molar refractivity (Wildman–Crippen MR) is 196 cm³/mol. The van der Waals surface area contributed by atoms with Gasteiger partial charge >= 0.3 is 22.4 Å². The van der Waals surface area contributed by atoms with Gasteiger partial charge in [-0.25, -0.2) is 14.3 Å². The van der Waals surface area contributed by atoms with Crippen molar-refractivity contribution in [2.75, 3.05) is 13.1 Å². The summed E-state index contributed by atoms with van der Waals surface area (Å²) >= 11 is 0. The van der Waals surface area contributed by atoms with E-state index in [0.717, 1.165) is 49.7 Å². The van der Waals surface area contributed by atoms with Crippen LogP contribution in [0.25, 0.3) is 0 Å². The van der Waals surface area contributed by atoms with Gasteiger partial charge in [-0.2, -0.15) is 13.1 Å². The van der Waals surface area contributed by atoms with E-state index >= 15 is 0 Å². The Morgan fingerprint density at radius 2 is 1.67 bits per heavy atom. The summed E-state index contributed by atoms with van der Waals surface area (Å²) in [6, 6.07) is 5.45. The molecule has 16 heteroatoms. The molecule has 1 unspecified atom stereocenters. The fourth-order valence-corrected chi connectivity index (χ4v) is 9.56. The quantitative estimate of drug-likeness (QED) is 0.302. The van der Waals surface area contributed by atoms with Crippen LogP contribution in [-0.2, 0) is 47.0 Å². The molecule has 5 atom stereocenters. The summed E-state index contributed by atoms with van der Waals surface area (Å²) in [5.41, 5.74) is -0.337. The number of rotatable bonds is 7. The molecule has 3 saturated carbocycles. The number of hydrogen-bond donors (Lipinski definition) is 4. The van der Waals surface area contributed by atoms with E-state index in [1.807, 2.05) is 36.4 Å². The summed E-state index contributed by atoms with van der Waals surface area (Å²) in [6.45, 7) is 2.49. The molecule has 4 N–H and O–H groups in total. The summed E-state index contributed by atoms with van der Waals surface area (Å²) in [4.78, 5) is 72.3. The van der Waals surface area contributed by atoms with Crippen molar-refractivity contribution in [3.8, 4) is 0 Å². The first-order valence-corrected chi connectivity index (χ1v) is 21.0. The minimum absolute atomic E-state index is 0.0568. The monoisotopic (exact) mass is 768 g/mol. The minimum atomic E-state index is -4.20. The molecule has 294 valence electrons. The molecule has 0 radical (unpaired) electrons. The number of fused-ring (bicyclic) bond motifs is 3. The van der Waals surface area contributed by atoms with Crippen molar-refractivity contribution >= 4 is 40.1 Å². The highest BCUT2D eigenvalue weighted by Gasteiger charge is 2.70. The minimum Gasteiger partial charge on any atom is -0.446 e. The Balaban J connectivity index is 1.13. The van der Waals surface area contributed by atoms with Crippen molar-refractivity contribution < 1.29 is 41.9 Å². The van der Waals surface area contributed by atoms with Crippen LogP contribution in [0.4, 0.5) is 9.59 Å². The zero-order valence-electron chi connectivity index (χ0n) is 30.8. The molecule has 3 aliphatic heterocycles. The molecule has 3 heterocycles. The SMILES string of the molecule is CC12/C=C\CCCCC[C@H](NC(=O)OC3CCCC3)C(=O)N3C[C@H](OC(=O)N4CCc5ccccc5C4)C[C@H]3C(=O)N[C@]1(C(=O)NS(=O)(=O)NC1CC1)C2. The maximum atomic E-state index is 14.5. The van der Waals surface area contributed by atoms with E-state index in [1.54, 1.807) is 11.8 Å². The number of nitrogens with one attached hydrogen (secondary N) is 4.